The predicted molar refractivity (Wildman–Crippen MR) is 93.0 cm³/mol. The number of carbonyl (C=O) groups excluding carboxylic acids is 1. The molecule has 0 aliphatic heterocycles. The monoisotopic (exact) mass is 368 g/mol. The molecule has 0 spiro atoms. The van der Waals surface area contributed by atoms with Crippen molar-refractivity contribution in [2.45, 2.75) is 0 Å². The Kier molecular flexibility index (Phi) is 6.28. The van der Waals surface area contributed by atoms with E-state index >= 15 is 0 Å². The second-order valence-electron chi connectivity index (χ2n) is 4.62. The SMILES string of the molecule is COc1cc(C=NO)cc(Cl)c1OCC(=O)Nc1ccc(Cl)cc1. The zero-order valence-electron chi connectivity index (χ0n) is 12.6. The maximum atomic E-state index is 11.9. The molecule has 2 N–H and O–H groups in total. The minimum atomic E-state index is -0.364. The van der Waals surface area contributed by atoms with Crippen LogP contribution in [-0.2, 0) is 4.79 Å². The van der Waals surface area contributed by atoms with Crippen LogP contribution in [0.1, 0.15) is 5.56 Å². The van der Waals surface area contributed by atoms with Gasteiger partial charge in [-0.25, -0.2) is 0 Å². The van der Waals surface area contributed by atoms with Gasteiger partial charge >= 0.3 is 0 Å². The van der Waals surface area contributed by atoms with Crippen molar-refractivity contribution in [2.75, 3.05) is 19.0 Å². The topological polar surface area (TPSA) is 80.2 Å². The van der Waals surface area contributed by atoms with Crippen LogP contribution in [0.25, 0.3) is 0 Å². The van der Waals surface area contributed by atoms with Gasteiger partial charge in [0.15, 0.2) is 18.1 Å². The summed E-state index contributed by atoms with van der Waals surface area (Å²) in [6, 6.07) is 9.78. The fourth-order valence-electron chi connectivity index (χ4n) is 1.89. The van der Waals surface area contributed by atoms with Gasteiger partial charge in [-0.05, 0) is 36.4 Å². The summed E-state index contributed by atoms with van der Waals surface area (Å²) >= 11 is 11.9. The number of nitrogens with one attached hydrogen (secondary N) is 1. The molecular formula is C16H14Cl2N2O4. The third-order valence-electron chi connectivity index (χ3n) is 2.93. The summed E-state index contributed by atoms with van der Waals surface area (Å²) in [5.41, 5.74) is 1.12. The molecular weight excluding hydrogens is 355 g/mol. The van der Waals surface area contributed by atoms with Crippen LogP contribution in [0.4, 0.5) is 5.69 Å². The lowest BCUT2D eigenvalue weighted by atomic mass is 10.2. The molecule has 2 aromatic rings. The van der Waals surface area contributed by atoms with Gasteiger partial charge in [0, 0.05) is 16.3 Å². The van der Waals surface area contributed by atoms with Gasteiger partial charge in [-0.3, -0.25) is 4.79 Å². The molecule has 24 heavy (non-hydrogen) atoms. The molecule has 0 atom stereocenters. The number of hydrogen-bond acceptors (Lipinski definition) is 5. The highest BCUT2D eigenvalue weighted by Crippen LogP contribution is 2.36. The molecule has 6 nitrogen and oxygen atoms in total. The van der Waals surface area contributed by atoms with Crippen molar-refractivity contribution in [1.29, 1.82) is 0 Å². The molecule has 0 heterocycles. The molecule has 1 amide bonds. The quantitative estimate of drug-likeness (QED) is 0.461. The summed E-state index contributed by atoms with van der Waals surface area (Å²) in [5.74, 6) is 0.175. The van der Waals surface area contributed by atoms with Crippen LogP contribution in [0.2, 0.25) is 10.0 Å². The first-order chi connectivity index (χ1) is 11.5. The smallest absolute Gasteiger partial charge is 0.262 e. The summed E-state index contributed by atoms with van der Waals surface area (Å²) < 4.78 is 10.6. The van der Waals surface area contributed by atoms with E-state index in [0.29, 0.717) is 22.0 Å². The maximum Gasteiger partial charge on any atom is 0.262 e. The zero-order chi connectivity index (χ0) is 17.5. The van der Waals surface area contributed by atoms with Crippen LogP contribution in [0.15, 0.2) is 41.6 Å². The molecule has 0 aliphatic carbocycles. The number of nitrogens with zero attached hydrogens (tertiary/aromatic N) is 1. The Balaban J connectivity index is 2.05. The van der Waals surface area contributed by atoms with Gasteiger partial charge in [0.25, 0.3) is 5.91 Å². The van der Waals surface area contributed by atoms with E-state index in [0.717, 1.165) is 0 Å². The Morgan fingerprint density at radius 1 is 1.29 bits per heavy atom. The number of oxime groups is 1. The molecule has 0 fully saturated rings. The van der Waals surface area contributed by atoms with Gasteiger partial charge in [0.1, 0.15) is 0 Å². The fraction of sp³-hybridized carbons (Fsp3) is 0.125. The number of hydrogen-bond donors (Lipinski definition) is 2. The highest BCUT2D eigenvalue weighted by atomic mass is 35.5. The van der Waals surface area contributed by atoms with E-state index in [9.17, 15) is 4.79 Å². The number of amides is 1. The largest absolute Gasteiger partial charge is 0.493 e. The van der Waals surface area contributed by atoms with Gasteiger partial charge < -0.3 is 20.0 Å². The Morgan fingerprint density at radius 3 is 2.62 bits per heavy atom. The number of benzene rings is 2. The summed E-state index contributed by atoms with van der Waals surface area (Å²) in [7, 11) is 1.44. The molecule has 126 valence electrons. The fourth-order valence-corrected chi connectivity index (χ4v) is 2.29. The summed E-state index contributed by atoms with van der Waals surface area (Å²) in [5, 5.41) is 15.0. The molecule has 0 aliphatic rings. The first kappa shape index (κ1) is 17.9. The first-order valence-corrected chi connectivity index (χ1v) is 7.52. The molecule has 0 radical (unpaired) electrons. The molecule has 0 unspecified atom stereocenters. The number of rotatable bonds is 6. The molecule has 0 aromatic heterocycles. The van der Waals surface area contributed by atoms with Gasteiger partial charge in [-0.2, -0.15) is 0 Å². The lowest BCUT2D eigenvalue weighted by Gasteiger charge is -2.13. The second-order valence-corrected chi connectivity index (χ2v) is 5.47. The molecule has 2 rings (SSSR count). The van der Waals surface area contributed by atoms with Gasteiger partial charge in [0.05, 0.1) is 18.3 Å². The molecule has 0 bridgehead atoms. The van der Waals surface area contributed by atoms with Crippen molar-refractivity contribution in [2.24, 2.45) is 5.16 Å². The van der Waals surface area contributed by atoms with Gasteiger partial charge in [0.2, 0.25) is 0 Å². The molecule has 0 saturated heterocycles. The van der Waals surface area contributed by atoms with E-state index in [1.807, 2.05) is 0 Å². The summed E-state index contributed by atoms with van der Waals surface area (Å²) in [4.78, 5) is 11.9. The number of carbonyl (C=O) groups is 1. The van der Waals surface area contributed by atoms with Crippen molar-refractivity contribution in [3.05, 3.63) is 52.0 Å². The third kappa shape index (κ3) is 4.78. The minimum Gasteiger partial charge on any atom is -0.493 e. The Labute approximate surface area is 148 Å². The van der Waals surface area contributed by atoms with Crippen LogP contribution in [-0.4, -0.2) is 31.0 Å². The van der Waals surface area contributed by atoms with Crippen molar-refractivity contribution in [3.63, 3.8) is 0 Å². The van der Waals surface area contributed by atoms with E-state index in [1.165, 1.54) is 19.4 Å². The number of anilines is 1. The van der Waals surface area contributed by atoms with Crippen molar-refractivity contribution in [3.8, 4) is 11.5 Å². The van der Waals surface area contributed by atoms with Crippen molar-refractivity contribution >= 4 is 41.0 Å². The van der Waals surface area contributed by atoms with Crippen LogP contribution in [0.5, 0.6) is 11.5 Å². The predicted octanol–water partition coefficient (Wildman–Crippen LogP) is 3.83. The van der Waals surface area contributed by atoms with Crippen LogP contribution in [0, 0.1) is 0 Å². The maximum absolute atomic E-state index is 11.9. The first-order valence-electron chi connectivity index (χ1n) is 6.76. The van der Waals surface area contributed by atoms with Crippen LogP contribution < -0.4 is 14.8 Å². The van der Waals surface area contributed by atoms with Gasteiger partial charge in [-0.15, -0.1) is 0 Å². The zero-order valence-corrected chi connectivity index (χ0v) is 14.1. The van der Waals surface area contributed by atoms with Gasteiger partial charge in [-0.1, -0.05) is 28.4 Å². The van der Waals surface area contributed by atoms with E-state index in [1.54, 1.807) is 30.3 Å². The average molecular weight is 369 g/mol. The normalized spacial score (nSPS) is 10.6. The lowest BCUT2D eigenvalue weighted by molar-refractivity contribution is -0.118. The highest BCUT2D eigenvalue weighted by Gasteiger charge is 2.13. The van der Waals surface area contributed by atoms with Crippen molar-refractivity contribution < 1.29 is 19.5 Å². The minimum absolute atomic E-state index is 0.223. The van der Waals surface area contributed by atoms with Crippen LogP contribution in [0.3, 0.4) is 0 Å². The molecule has 0 saturated carbocycles. The lowest BCUT2D eigenvalue weighted by Crippen LogP contribution is -2.20. The van der Waals surface area contributed by atoms with Crippen molar-refractivity contribution in [1.82, 2.24) is 0 Å². The number of methoxy groups -OCH3 is 1. The van der Waals surface area contributed by atoms with Crippen LogP contribution >= 0.6 is 23.2 Å². The Hall–Kier alpha value is -2.44. The third-order valence-corrected chi connectivity index (χ3v) is 3.47. The second kappa shape index (κ2) is 8.42. The number of halogens is 2. The highest BCUT2D eigenvalue weighted by molar-refractivity contribution is 6.32. The molecule has 2 aromatic carbocycles. The molecule has 8 heteroatoms. The van der Waals surface area contributed by atoms with E-state index < -0.39 is 0 Å². The summed E-state index contributed by atoms with van der Waals surface area (Å²) in [6.45, 7) is -0.258. The van der Waals surface area contributed by atoms with E-state index in [4.69, 9.17) is 37.9 Å². The number of ether oxygens (including phenoxy) is 2. The Morgan fingerprint density at radius 2 is 2.00 bits per heavy atom. The average Bonchev–Trinajstić information content (AvgIpc) is 2.56. The summed E-state index contributed by atoms with van der Waals surface area (Å²) in [6.07, 6.45) is 1.20. The van der Waals surface area contributed by atoms with E-state index in [-0.39, 0.29) is 23.3 Å². The van der Waals surface area contributed by atoms with E-state index in [2.05, 4.69) is 10.5 Å². The Bertz CT molecular complexity index is 748. The standard InChI is InChI=1S/C16H14Cl2N2O4/c1-23-14-7-10(8-19-22)6-13(18)16(14)24-9-15(21)20-12-4-2-11(17)3-5-12/h2-8,22H,9H2,1H3,(H,20,21).